The molecule has 0 aliphatic heterocycles. The van der Waals surface area contributed by atoms with Crippen molar-refractivity contribution in [3.05, 3.63) is 10.5 Å². The predicted molar refractivity (Wildman–Crippen MR) is 93.1 cm³/mol. The van der Waals surface area contributed by atoms with E-state index in [9.17, 15) is 9.90 Å². The molecule has 23 heavy (non-hydrogen) atoms. The van der Waals surface area contributed by atoms with Gasteiger partial charge in [-0.2, -0.15) is 0 Å². The van der Waals surface area contributed by atoms with Crippen molar-refractivity contribution in [1.82, 2.24) is 9.88 Å². The van der Waals surface area contributed by atoms with Crippen LogP contribution < -0.4 is 5.32 Å². The van der Waals surface area contributed by atoms with Crippen LogP contribution in [0.4, 0.5) is 9.93 Å². The molecule has 128 valence electrons. The van der Waals surface area contributed by atoms with Crippen molar-refractivity contribution in [2.75, 3.05) is 5.32 Å². The molecular formula is C16H24ClN3O2S. The van der Waals surface area contributed by atoms with Gasteiger partial charge in [0.1, 0.15) is 4.34 Å². The minimum atomic E-state index is -0.208. The number of hydrogen-bond acceptors (Lipinski definition) is 4. The second kappa shape index (κ2) is 7.81. The molecule has 0 atom stereocenters. The number of aliphatic hydroxyl groups excluding tert-OH is 1. The Balaban J connectivity index is 1.71. The van der Waals surface area contributed by atoms with Crippen LogP contribution in [0.5, 0.6) is 0 Å². The molecule has 3 rings (SSSR count). The largest absolute Gasteiger partial charge is 0.393 e. The van der Waals surface area contributed by atoms with E-state index < -0.39 is 0 Å². The van der Waals surface area contributed by atoms with Gasteiger partial charge in [-0.3, -0.25) is 5.32 Å². The minimum Gasteiger partial charge on any atom is -0.393 e. The van der Waals surface area contributed by atoms with Crippen molar-refractivity contribution in [1.29, 1.82) is 0 Å². The second-order valence-corrected chi connectivity index (χ2v) is 8.22. The van der Waals surface area contributed by atoms with Crippen LogP contribution in [0.1, 0.15) is 57.8 Å². The topological polar surface area (TPSA) is 65.5 Å². The summed E-state index contributed by atoms with van der Waals surface area (Å²) in [5, 5.41) is 13.2. The number of aliphatic hydroxyl groups is 1. The number of nitrogens with one attached hydrogen (secondary N) is 1. The fourth-order valence-electron chi connectivity index (χ4n) is 3.79. The van der Waals surface area contributed by atoms with E-state index in [1.165, 1.54) is 30.6 Å². The third-order valence-corrected chi connectivity index (χ3v) is 5.98. The van der Waals surface area contributed by atoms with E-state index in [0.29, 0.717) is 15.5 Å². The first-order valence-corrected chi connectivity index (χ1v) is 9.71. The number of rotatable bonds is 3. The lowest BCUT2D eigenvalue weighted by atomic mass is 9.88. The fraction of sp³-hybridized carbons (Fsp3) is 0.750. The number of aromatic nitrogens is 1. The van der Waals surface area contributed by atoms with Gasteiger partial charge in [0.15, 0.2) is 5.13 Å². The Morgan fingerprint density at radius 2 is 1.83 bits per heavy atom. The third kappa shape index (κ3) is 4.37. The molecule has 1 aromatic rings. The molecule has 1 aromatic heterocycles. The third-order valence-electron chi connectivity index (χ3n) is 4.95. The molecule has 5 nitrogen and oxygen atoms in total. The Morgan fingerprint density at radius 1 is 1.17 bits per heavy atom. The summed E-state index contributed by atoms with van der Waals surface area (Å²) < 4.78 is 0.574. The van der Waals surface area contributed by atoms with Crippen LogP contribution in [-0.2, 0) is 0 Å². The summed E-state index contributed by atoms with van der Waals surface area (Å²) in [4.78, 5) is 19.0. The van der Waals surface area contributed by atoms with Crippen LogP contribution in [0.15, 0.2) is 6.20 Å². The first kappa shape index (κ1) is 17.0. The summed E-state index contributed by atoms with van der Waals surface area (Å²) in [5.41, 5.74) is 0. The monoisotopic (exact) mass is 357 g/mol. The van der Waals surface area contributed by atoms with Gasteiger partial charge in [-0.15, -0.1) is 0 Å². The van der Waals surface area contributed by atoms with Gasteiger partial charge >= 0.3 is 6.03 Å². The number of hydrogen-bond donors (Lipinski definition) is 2. The predicted octanol–water partition coefficient (Wildman–Crippen LogP) is 4.27. The molecule has 0 bridgehead atoms. The van der Waals surface area contributed by atoms with Gasteiger partial charge in [0, 0.05) is 12.1 Å². The van der Waals surface area contributed by atoms with E-state index in [2.05, 4.69) is 10.3 Å². The summed E-state index contributed by atoms with van der Waals surface area (Å²) in [6.07, 6.45) is 10.5. The number of anilines is 1. The first-order chi connectivity index (χ1) is 11.1. The number of halogens is 1. The van der Waals surface area contributed by atoms with E-state index in [4.69, 9.17) is 11.6 Å². The van der Waals surface area contributed by atoms with Gasteiger partial charge in [0.25, 0.3) is 0 Å². The Morgan fingerprint density at radius 3 is 2.43 bits per heavy atom. The summed E-state index contributed by atoms with van der Waals surface area (Å²) in [7, 11) is 0. The van der Waals surface area contributed by atoms with Gasteiger partial charge in [-0.1, -0.05) is 42.2 Å². The van der Waals surface area contributed by atoms with Crippen LogP contribution >= 0.6 is 22.9 Å². The fourth-order valence-corrected chi connectivity index (χ4v) is 4.60. The maximum atomic E-state index is 12.9. The average Bonchev–Trinajstić information content (AvgIpc) is 2.95. The lowest BCUT2D eigenvalue weighted by molar-refractivity contribution is 0.0645. The zero-order chi connectivity index (χ0) is 16.2. The molecule has 2 aliphatic rings. The van der Waals surface area contributed by atoms with Gasteiger partial charge < -0.3 is 10.0 Å². The summed E-state index contributed by atoms with van der Waals surface area (Å²) in [5.74, 6) is 0. The smallest absolute Gasteiger partial charge is 0.324 e. The number of carbonyl (C=O) groups is 1. The van der Waals surface area contributed by atoms with E-state index in [-0.39, 0.29) is 18.2 Å². The number of thiazole rings is 1. The molecule has 1 heterocycles. The van der Waals surface area contributed by atoms with Crippen molar-refractivity contribution in [3.63, 3.8) is 0 Å². The highest BCUT2D eigenvalue weighted by Crippen LogP contribution is 2.31. The van der Waals surface area contributed by atoms with E-state index in [1.807, 2.05) is 4.90 Å². The van der Waals surface area contributed by atoms with E-state index in [1.54, 1.807) is 6.20 Å². The van der Waals surface area contributed by atoms with Crippen molar-refractivity contribution in [3.8, 4) is 0 Å². The lowest BCUT2D eigenvalue weighted by Crippen LogP contribution is -2.51. The zero-order valence-corrected chi connectivity index (χ0v) is 14.8. The normalized spacial score (nSPS) is 26.0. The molecule has 0 spiro atoms. The number of amides is 2. The lowest BCUT2D eigenvalue weighted by Gasteiger charge is -2.42. The van der Waals surface area contributed by atoms with Crippen LogP contribution in [-0.4, -0.2) is 39.2 Å². The molecule has 2 N–H and O–H groups in total. The van der Waals surface area contributed by atoms with Crippen LogP contribution in [0.3, 0.4) is 0 Å². The highest BCUT2D eigenvalue weighted by atomic mass is 35.5. The van der Waals surface area contributed by atoms with Crippen LogP contribution in [0.2, 0.25) is 4.34 Å². The summed E-state index contributed by atoms with van der Waals surface area (Å²) in [6, 6.07) is 0.459. The SMILES string of the molecule is O=C(Nc1ncc(Cl)s1)N(C1CCCCC1)C1CCC(O)CC1. The molecule has 0 radical (unpaired) electrons. The van der Waals surface area contributed by atoms with Crippen molar-refractivity contribution >= 4 is 34.1 Å². The highest BCUT2D eigenvalue weighted by Gasteiger charge is 2.34. The Hall–Kier alpha value is -0.850. The number of nitrogens with zero attached hydrogens (tertiary/aromatic N) is 2. The number of urea groups is 1. The molecule has 0 aromatic carbocycles. The van der Waals surface area contributed by atoms with Crippen molar-refractivity contribution < 1.29 is 9.90 Å². The molecule has 2 amide bonds. The van der Waals surface area contributed by atoms with Gasteiger partial charge in [-0.25, -0.2) is 9.78 Å². The van der Waals surface area contributed by atoms with Crippen LogP contribution in [0.25, 0.3) is 0 Å². The van der Waals surface area contributed by atoms with E-state index >= 15 is 0 Å². The quantitative estimate of drug-likeness (QED) is 0.849. The molecule has 7 heteroatoms. The van der Waals surface area contributed by atoms with Crippen LogP contribution in [0, 0.1) is 0 Å². The molecule has 0 saturated heterocycles. The second-order valence-electron chi connectivity index (χ2n) is 6.56. The highest BCUT2D eigenvalue weighted by molar-refractivity contribution is 7.19. The molecule has 0 unspecified atom stereocenters. The zero-order valence-electron chi connectivity index (χ0n) is 13.2. The van der Waals surface area contributed by atoms with Gasteiger partial charge in [0.2, 0.25) is 0 Å². The maximum Gasteiger partial charge on any atom is 0.324 e. The van der Waals surface area contributed by atoms with E-state index in [0.717, 1.165) is 38.5 Å². The maximum absolute atomic E-state index is 12.9. The molecule has 2 saturated carbocycles. The van der Waals surface area contributed by atoms with Gasteiger partial charge in [-0.05, 0) is 38.5 Å². The minimum absolute atomic E-state index is 0.0655. The first-order valence-electron chi connectivity index (χ1n) is 8.52. The summed E-state index contributed by atoms with van der Waals surface area (Å²) in [6.45, 7) is 0. The van der Waals surface area contributed by atoms with Crippen molar-refractivity contribution in [2.45, 2.75) is 76.0 Å². The Kier molecular flexibility index (Phi) is 5.77. The van der Waals surface area contributed by atoms with Crippen molar-refractivity contribution in [2.24, 2.45) is 0 Å². The standard InChI is InChI=1S/C16H24ClN3O2S/c17-14-10-18-15(23-14)19-16(22)20(11-4-2-1-3-5-11)12-6-8-13(21)9-7-12/h10-13,21H,1-9H2,(H,18,19,22). The summed E-state index contributed by atoms with van der Waals surface area (Å²) >= 11 is 7.18. The average molecular weight is 358 g/mol. The van der Waals surface area contributed by atoms with Gasteiger partial charge in [0.05, 0.1) is 12.3 Å². The molecule has 2 fully saturated rings. The molecule has 2 aliphatic carbocycles. The Labute approximate surface area is 146 Å². The molecular weight excluding hydrogens is 334 g/mol. The Bertz CT molecular complexity index is 525. The number of carbonyl (C=O) groups excluding carboxylic acids is 1.